The van der Waals surface area contributed by atoms with Crippen molar-refractivity contribution in [2.24, 2.45) is 0 Å². The van der Waals surface area contributed by atoms with Crippen LogP contribution in [0, 0.1) is 11.6 Å². The number of hydrogen-bond acceptors (Lipinski definition) is 7. The molecule has 0 radical (unpaired) electrons. The fourth-order valence-corrected chi connectivity index (χ4v) is 5.37. The van der Waals surface area contributed by atoms with Crippen LogP contribution in [-0.4, -0.2) is 56.2 Å². The first-order valence-corrected chi connectivity index (χ1v) is 13.4. The third kappa shape index (κ3) is 6.05. The Bertz CT molecular complexity index is 1350. The molecule has 2 aliphatic heterocycles. The zero-order valence-corrected chi connectivity index (χ0v) is 22.9. The molecule has 0 bridgehead atoms. The van der Waals surface area contributed by atoms with Gasteiger partial charge in [-0.15, -0.1) is 0 Å². The van der Waals surface area contributed by atoms with Crippen LogP contribution in [0.15, 0.2) is 55.0 Å². The highest BCUT2D eigenvalue weighted by Crippen LogP contribution is 2.43. The van der Waals surface area contributed by atoms with E-state index in [0.717, 1.165) is 48.7 Å². The molecule has 1 spiro atoms. The van der Waals surface area contributed by atoms with Gasteiger partial charge in [-0.25, -0.2) is 13.8 Å². The van der Waals surface area contributed by atoms with Crippen LogP contribution in [0.2, 0.25) is 0 Å². The third-order valence-electron chi connectivity index (χ3n) is 7.47. The van der Waals surface area contributed by atoms with E-state index >= 15 is 0 Å². The number of amides is 1. The van der Waals surface area contributed by atoms with Crippen LogP contribution < -0.4 is 0 Å². The molecule has 4 heterocycles. The van der Waals surface area contributed by atoms with Crippen LogP contribution in [-0.2, 0) is 33.1 Å². The highest BCUT2D eigenvalue weighted by atomic mass is 19.2. The lowest BCUT2D eigenvalue weighted by molar-refractivity contribution is -0.213. The minimum atomic E-state index is -1.22. The smallest absolute Gasteiger partial charge is 0.243 e. The van der Waals surface area contributed by atoms with Crippen molar-refractivity contribution in [2.45, 2.75) is 64.0 Å². The summed E-state index contributed by atoms with van der Waals surface area (Å²) >= 11 is 0. The van der Waals surface area contributed by atoms with E-state index in [0.29, 0.717) is 18.8 Å². The normalized spacial score (nSPS) is 17.6. The second-order valence-corrected chi connectivity index (χ2v) is 11.2. The summed E-state index contributed by atoms with van der Waals surface area (Å²) in [6.07, 6.45) is 7.22. The van der Waals surface area contributed by atoms with Crippen molar-refractivity contribution in [1.29, 1.82) is 0 Å². The molecule has 1 N–H and O–H groups in total. The van der Waals surface area contributed by atoms with Gasteiger partial charge in [-0.3, -0.25) is 24.5 Å². The van der Waals surface area contributed by atoms with Crippen LogP contribution >= 0.6 is 0 Å². The molecule has 3 aromatic rings. The van der Waals surface area contributed by atoms with E-state index in [1.165, 1.54) is 24.1 Å². The number of halogens is 2. The molecule has 1 atom stereocenters. The highest BCUT2D eigenvalue weighted by molar-refractivity contribution is 5.73. The van der Waals surface area contributed by atoms with Crippen molar-refractivity contribution in [1.82, 2.24) is 19.9 Å². The molecule has 0 saturated carbocycles. The van der Waals surface area contributed by atoms with Crippen LogP contribution in [0.4, 0.5) is 8.78 Å². The van der Waals surface area contributed by atoms with Gasteiger partial charge in [0, 0.05) is 50.7 Å². The van der Waals surface area contributed by atoms with Gasteiger partial charge in [-0.05, 0) is 67.6 Å². The summed E-state index contributed by atoms with van der Waals surface area (Å²) in [6, 6.07) is 8.18. The lowest BCUT2D eigenvalue weighted by atomic mass is 9.84. The van der Waals surface area contributed by atoms with Crippen LogP contribution in [0.3, 0.4) is 0 Å². The summed E-state index contributed by atoms with van der Waals surface area (Å²) in [5, 5.41) is 11.2. The van der Waals surface area contributed by atoms with Gasteiger partial charge in [-0.2, -0.15) is 0 Å². The average Bonchev–Trinajstić information content (AvgIpc) is 3.27. The first-order chi connectivity index (χ1) is 19.0. The number of benzene rings is 1. The van der Waals surface area contributed by atoms with Crippen molar-refractivity contribution in [3.8, 4) is 0 Å². The summed E-state index contributed by atoms with van der Waals surface area (Å²) < 4.78 is 34.2. The standard InChI is InChI=1S/C30H34F2N4O4/c1-20(37)36(40-19-29(2,3)38)28(22-5-6-25(31)26(32)14-22)27-7-4-21(15-34-27)17-35-12-9-30(10-13-35)24-16-33-11-8-23(24)18-39-30/h4-8,11,14-16,28,38H,9-10,12-13,17-19H2,1-3H3. The number of likely N-dealkylation sites (tertiary alicyclic amines) is 1. The van der Waals surface area contributed by atoms with Gasteiger partial charge in [0.1, 0.15) is 12.6 Å². The second kappa shape index (κ2) is 11.3. The van der Waals surface area contributed by atoms with E-state index in [9.17, 15) is 18.7 Å². The monoisotopic (exact) mass is 552 g/mol. The number of fused-ring (bicyclic) bond motifs is 2. The SMILES string of the molecule is CC(=O)N(OCC(C)(C)O)C(c1ccc(F)c(F)c1)c1ccc(CN2CCC3(CC2)OCc2ccncc23)cn1. The number of carbonyl (C=O) groups is 1. The zero-order valence-electron chi connectivity index (χ0n) is 22.9. The van der Waals surface area contributed by atoms with E-state index in [1.807, 2.05) is 18.3 Å². The summed E-state index contributed by atoms with van der Waals surface area (Å²) in [6.45, 7) is 7.23. The lowest BCUT2D eigenvalue weighted by Crippen LogP contribution is -2.42. The first kappa shape index (κ1) is 28.2. The fraction of sp³-hybridized carbons (Fsp3) is 0.433. The van der Waals surface area contributed by atoms with Crippen molar-refractivity contribution in [2.75, 3.05) is 19.7 Å². The van der Waals surface area contributed by atoms with Gasteiger partial charge in [-0.1, -0.05) is 12.1 Å². The Morgan fingerprint density at radius 2 is 1.95 bits per heavy atom. The summed E-state index contributed by atoms with van der Waals surface area (Å²) in [5.74, 6) is -2.51. The molecule has 0 aliphatic carbocycles. The molecule has 1 fully saturated rings. The van der Waals surface area contributed by atoms with E-state index < -0.39 is 29.2 Å². The van der Waals surface area contributed by atoms with Crippen LogP contribution in [0.5, 0.6) is 0 Å². The first-order valence-electron chi connectivity index (χ1n) is 13.4. The van der Waals surface area contributed by atoms with Gasteiger partial charge in [0.15, 0.2) is 11.6 Å². The predicted molar refractivity (Wildman–Crippen MR) is 142 cm³/mol. The number of aliphatic hydroxyl groups is 1. The summed E-state index contributed by atoms with van der Waals surface area (Å²) in [7, 11) is 0. The Morgan fingerprint density at radius 3 is 2.60 bits per heavy atom. The predicted octanol–water partition coefficient (Wildman–Crippen LogP) is 4.42. The van der Waals surface area contributed by atoms with Crippen molar-refractivity contribution in [3.63, 3.8) is 0 Å². The molecular weight excluding hydrogens is 518 g/mol. The van der Waals surface area contributed by atoms with Crippen molar-refractivity contribution >= 4 is 5.91 Å². The Morgan fingerprint density at radius 1 is 1.18 bits per heavy atom. The molecule has 1 amide bonds. The summed E-state index contributed by atoms with van der Waals surface area (Å²) in [4.78, 5) is 29.6. The minimum Gasteiger partial charge on any atom is -0.388 e. The highest BCUT2D eigenvalue weighted by Gasteiger charge is 2.42. The van der Waals surface area contributed by atoms with Gasteiger partial charge in [0.25, 0.3) is 0 Å². The van der Waals surface area contributed by atoms with Gasteiger partial charge in [0.2, 0.25) is 5.91 Å². The lowest BCUT2D eigenvalue weighted by Gasteiger charge is -2.39. The molecule has 2 aromatic heterocycles. The van der Waals surface area contributed by atoms with Crippen molar-refractivity contribution in [3.05, 3.63) is 94.6 Å². The molecule has 1 saturated heterocycles. The molecule has 1 aromatic carbocycles. The number of carbonyl (C=O) groups excluding carboxylic acids is 1. The Balaban J connectivity index is 1.32. The molecule has 212 valence electrons. The molecular formula is C30H34F2N4O4. The maximum absolute atomic E-state index is 14.2. The largest absolute Gasteiger partial charge is 0.388 e. The molecule has 10 heteroatoms. The number of nitrogens with zero attached hydrogens (tertiary/aromatic N) is 4. The molecule has 40 heavy (non-hydrogen) atoms. The third-order valence-corrected chi connectivity index (χ3v) is 7.47. The van der Waals surface area contributed by atoms with E-state index in [2.05, 4.69) is 14.9 Å². The minimum absolute atomic E-state index is 0.189. The topological polar surface area (TPSA) is 88.0 Å². The number of hydroxylamine groups is 2. The van der Waals surface area contributed by atoms with Crippen molar-refractivity contribution < 1.29 is 28.3 Å². The number of hydrogen-bond donors (Lipinski definition) is 1. The number of ether oxygens (including phenoxy) is 1. The van der Waals surface area contributed by atoms with E-state index in [1.54, 1.807) is 32.3 Å². The Hall–Kier alpha value is -3.31. The van der Waals surface area contributed by atoms with Crippen LogP contribution in [0.25, 0.3) is 0 Å². The molecule has 1 unspecified atom stereocenters. The molecule has 5 rings (SSSR count). The van der Waals surface area contributed by atoms with Crippen LogP contribution in [0.1, 0.15) is 67.6 Å². The van der Waals surface area contributed by atoms with Gasteiger partial charge >= 0.3 is 0 Å². The Kier molecular flexibility index (Phi) is 7.96. The van der Waals surface area contributed by atoms with Gasteiger partial charge < -0.3 is 9.84 Å². The number of aromatic nitrogens is 2. The number of rotatable bonds is 8. The zero-order chi connectivity index (χ0) is 28.5. The summed E-state index contributed by atoms with van der Waals surface area (Å²) in [5.41, 5.74) is 2.61. The number of piperidine rings is 1. The molecule has 8 nitrogen and oxygen atoms in total. The Labute approximate surface area is 232 Å². The average molecular weight is 553 g/mol. The quantitative estimate of drug-likeness (QED) is 0.414. The van der Waals surface area contributed by atoms with E-state index in [4.69, 9.17) is 9.57 Å². The second-order valence-electron chi connectivity index (χ2n) is 11.2. The fourth-order valence-electron chi connectivity index (χ4n) is 5.37. The van der Waals surface area contributed by atoms with Gasteiger partial charge in [0.05, 0.1) is 23.5 Å². The molecule has 2 aliphatic rings. The maximum atomic E-state index is 14.2. The van der Waals surface area contributed by atoms with E-state index in [-0.39, 0.29) is 17.8 Å². The maximum Gasteiger partial charge on any atom is 0.243 e. The number of pyridine rings is 2.